The molecule has 1 heterocycles. The lowest BCUT2D eigenvalue weighted by atomic mass is 10.1. The van der Waals surface area contributed by atoms with E-state index in [0.29, 0.717) is 5.69 Å². The first-order chi connectivity index (χ1) is 7.99. The summed E-state index contributed by atoms with van der Waals surface area (Å²) in [7, 11) is 0. The Morgan fingerprint density at radius 2 is 1.71 bits per heavy atom. The van der Waals surface area contributed by atoms with Gasteiger partial charge in [-0.05, 0) is 44.0 Å². The molecule has 0 atom stereocenters. The van der Waals surface area contributed by atoms with Crippen LogP contribution < -0.4 is 0 Å². The van der Waals surface area contributed by atoms with E-state index in [-0.39, 0.29) is 5.78 Å². The van der Waals surface area contributed by atoms with Crippen molar-refractivity contribution in [3.8, 4) is 5.69 Å². The highest BCUT2D eigenvalue weighted by atomic mass is 16.1. The molecular formula is C13H15N3O. The maximum atomic E-state index is 11.3. The molecule has 2 rings (SSSR count). The first-order valence-electron chi connectivity index (χ1n) is 5.51. The topological polar surface area (TPSA) is 47.8 Å². The molecule has 0 saturated carbocycles. The molecular weight excluding hydrogens is 214 g/mol. The van der Waals surface area contributed by atoms with Gasteiger partial charge in [0.1, 0.15) is 0 Å². The molecule has 0 N–H and O–H groups in total. The van der Waals surface area contributed by atoms with Crippen LogP contribution in [0.15, 0.2) is 18.2 Å². The smallest absolute Gasteiger partial charge is 0.181 e. The Morgan fingerprint density at radius 1 is 1.12 bits per heavy atom. The van der Waals surface area contributed by atoms with Crippen molar-refractivity contribution in [2.75, 3.05) is 0 Å². The molecule has 88 valence electrons. The number of Topliss-reactive ketones (excluding diaryl/α,β-unsaturated/α-hetero) is 1. The van der Waals surface area contributed by atoms with E-state index in [1.807, 2.05) is 32.9 Å². The van der Waals surface area contributed by atoms with Crippen LogP contribution in [0.1, 0.15) is 34.2 Å². The van der Waals surface area contributed by atoms with Crippen molar-refractivity contribution in [2.45, 2.75) is 27.7 Å². The number of aryl methyl sites for hydroxylation is 2. The number of aromatic nitrogens is 3. The van der Waals surface area contributed by atoms with E-state index >= 15 is 0 Å². The Labute approximate surface area is 100 Å². The first kappa shape index (κ1) is 11.5. The van der Waals surface area contributed by atoms with E-state index in [2.05, 4.69) is 16.4 Å². The Kier molecular flexibility index (Phi) is 2.79. The molecule has 4 nitrogen and oxygen atoms in total. The number of rotatable bonds is 2. The molecule has 1 aromatic heterocycles. The summed E-state index contributed by atoms with van der Waals surface area (Å²) in [6, 6.07) is 6.15. The van der Waals surface area contributed by atoms with Gasteiger partial charge in [-0.25, -0.2) is 4.68 Å². The molecule has 0 saturated heterocycles. The molecule has 0 aliphatic rings. The minimum atomic E-state index is -0.0573. The van der Waals surface area contributed by atoms with Gasteiger partial charge in [-0.2, -0.15) is 0 Å². The van der Waals surface area contributed by atoms with Crippen molar-refractivity contribution in [2.24, 2.45) is 0 Å². The minimum Gasteiger partial charge on any atom is -0.293 e. The fourth-order valence-corrected chi connectivity index (χ4v) is 1.97. The largest absolute Gasteiger partial charge is 0.293 e. The molecule has 4 heteroatoms. The molecule has 17 heavy (non-hydrogen) atoms. The van der Waals surface area contributed by atoms with Gasteiger partial charge in [-0.15, -0.1) is 5.10 Å². The number of ketones is 1. The van der Waals surface area contributed by atoms with Crippen LogP contribution in [0.2, 0.25) is 0 Å². The van der Waals surface area contributed by atoms with Crippen LogP contribution in [-0.2, 0) is 0 Å². The highest BCUT2D eigenvalue weighted by molar-refractivity contribution is 5.93. The van der Waals surface area contributed by atoms with Crippen LogP contribution in [0.3, 0.4) is 0 Å². The fourth-order valence-electron chi connectivity index (χ4n) is 1.97. The molecule has 0 unspecified atom stereocenters. The molecule has 0 radical (unpaired) electrons. The number of hydrogen-bond acceptors (Lipinski definition) is 3. The lowest BCUT2D eigenvalue weighted by Crippen LogP contribution is -2.02. The van der Waals surface area contributed by atoms with Crippen molar-refractivity contribution in [3.63, 3.8) is 0 Å². The van der Waals surface area contributed by atoms with Gasteiger partial charge in [0.2, 0.25) is 0 Å². The van der Waals surface area contributed by atoms with Crippen molar-refractivity contribution < 1.29 is 4.79 Å². The zero-order chi connectivity index (χ0) is 12.6. The third-order valence-corrected chi connectivity index (χ3v) is 2.68. The van der Waals surface area contributed by atoms with Gasteiger partial charge in [0.25, 0.3) is 0 Å². The standard InChI is InChI=1S/C13H15N3O/c1-8-5-9(2)7-12(6-8)16-10(3)13(11(4)17)14-15-16/h5-7H,1-4H3. The van der Waals surface area contributed by atoms with Crippen LogP contribution in [0.5, 0.6) is 0 Å². The first-order valence-corrected chi connectivity index (χ1v) is 5.51. The van der Waals surface area contributed by atoms with Gasteiger partial charge in [0.05, 0.1) is 11.4 Å². The highest BCUT2D eigenvalue weighted by Crippen LogP contribution is 2.16. The van der Waals surface area contributed by atoms with Gasteiger partial charge >= 0.3 is 0 Å². The SMILES string of the molecule is CC(=O)c1nnn(-c2cc(C)cc(C)c2)c1C. The van der Waals surface area contributed by atoms with Crippen LogP contribution >= 0.6 is 0 Å². The summed E-state index contributed by atoms with van der Waals surface area (Å²) in [5, 5.41) is 7.95. The maximum absolute atomic E-state index is 11.3. The van der Waals surface area contributed by atoms with Gasteiger partial charge in [-0.3, -0.25) is 4.79 Å². The molecule has 2 aromatic rings. The minimum absolute atomic E-state index is 0.0573. The van der Waals surface area contributed by atoms with E-state index in [9.17, 15) is 4.79 Å². The van der Waals surface area contributed by atoms with Crippen molar-refractivity contribution >= 4 is 5.78 Å². The second kappa shape index (κ2) is 4.13. The van der Waals surface area contributed by atoms with Gasteiger partial charge in [0.15, 0.2) is 11.5 Å². The Bertz CT molecular complexity index is 564. The number of hydrogen-bond donors (Lipinski definition) is 0. The van der Waals surface area contributed by atoms with E-state index in [4.69, 9.17) is 0 Å². The second-order valence-electron chi connectivity index (χ2n) is 4.34. The third-order valence-electron chi connectivity index (χ3n) is 2.68. The monoisotopic (exact) mass is 229 g/mol. The lowest BCUT2D eigenvalue weighted by molar-refractivity contribution is 0.101. The van der Waals surface area contributed by atoms with Gasteiger partial charge < -0.3 is 0 Å². The molecule has 0 spiro atoms. The Balaban J connectivity index is 2.57. The quantitative estimate of drug-likeness (QED) is 0.743. The zero-order valence-electron chi connectivity index (χ0n) is 10.5. The van der Waals surface area contributed by atoms with E-state index in [1.54, 1.807) is 4.68 Å². The van der Waals surface area contributed by atoms with Crippen LogP contribution in [0, 0.1) is 20.8 Å². The molecule has 0 fully saturated rings. The van der Waals surface area contributed by atoms with E-state index in [0.717, 1.165) is 11.4 Å². The van der Waals surface area contributed by atoms with Crippen LogP contribution in [0.25, 0.3) is 5.69 Å². The van der Waals surface area contributed by atoms with E-state index < -0.39 is 0 Å². The van der Waals surface area contributed by atoms with Gasteiger partial charge in [-0.1, -0.05) is 11.3 Å². The van der Waals surface area contributed by atoms with Crippen LogP contribution in [-0.4, -0.2) is 20.8 Å². The second-order valence-corrected chi connectivity index (χ2v) is 4.34. The van der Waals surface area contributed by atoms with Crippen LogP contribution in [0.4, 0.5) is 0 Å². The van der Waals surface area contributed by atoms with E-state index in [1.165, 1.54) is 18.1 Å². The lowest BCUT2D eigenvalue weighted by Gasteiger charge is -2.06. The maximum Gasteiger partial charge on any atom is 0.181 e. The Morgan fingerprint density at radius 3 is 2.18 bits per heavy atom. The zero-order valence-corrected chi connectivity index (χ0v) is 10.5. The molecule has 0 bridgehead atoms. The summed E-state index contributed by atoms with van der Waals surface area (Å²) < 4.78 is 1.71. The predicted molar refractivity (Wildman–Crippen MR) is 65.6 cm³/mol. The fraction of sp³-hybridized carbons (Fsp3) is 0.308. The van der Waals surface area contributed by atoms with Crippen molar-refractivity contribution in [1.82, 2.24) is 15.0 Å². The van der Waals surface area contributed by atoms with Crippen molar-refractivity contribution in [3.05, 3.63) is 40.7 Å². The Hall–Kier alpha value is -1.97. The summed E-state index contributed by atoms with van der Waals surface area (Å²) in [6.45, 7) is 7.43. The van der Waals surface area contributed by atoms with Gasteiger partial charge in [0, 0.05) is 6.92 Å². The highest BCUT2D eigenvalue weighted by Gasteiger charge is 2.13. The molecule has 0 aliphatic heterocycles. The number of benzene rings is 1. The molecule has 0 aliphatic carbocycles. The summed E-state index contributed by atoms with van der Waals surface area (Å²) >= 11 is 0. The molecule has 1 aromatic carbocycles. The predicted octanol–water partition coefficient (Wildman–Crippen LogP) is 2.40. The molecule has 0 amide bonds. The third kappa shape index (κ3) is 2.11. The summed E-state index contributed by atoms with van der Waals surface area (Å²) in [5.74, 6) is -0.0573. The van der Waals surface area contributed by atoms with Crippen molar-refractivity contribution in [1.29, 1.82) is 0 Å². The summed E-state index contributed by atoms with van der Waals surface area (Å²) in [5.41, 5.74) is 4.49. The normalized spacial score (nSPS) is 10.6. The number of carbonyl (C=O) groups excluding carboxylic acids is 1. The average molecular weight is 229 g/mol. The summed E-state index contributed by atoms with van der Waals surface area (Å²) in [4.78, 5) is 11.3. The summed E-state index contributed by atoms with van der Waals surface area (Å²) in [6.07, 6.45) is 0. The average Bonchev–Trinajstić information content (AvgIpc) is 2.58. The number of carbonyl (C=O) groups is 1. The number of nitrogens with zero attached hydrogens (tertiary/aromatic N) is 3.